The van der Waals surface area contributed by atoms with Crippen LogP contribution >= 0.6 is 0 Å². The number of aliphatic hydroxyl groups excluding tert-OH is 1. The fourth-order valence-corrected chi connectivity index (χ4v) is 2.71. The summed E-state index contributed by atoms with van der Waals surface area (Å²) < 4.78 is 33.0. The summed E-state index contributed by atoms with van der Waals surface area (Å²) in [5.41, 5.74) is 0.408. The molecule has 1 aromatic carbocycles. The molecule has 2 aromatic rings. The van der Waals surface area contributed by atoms with Crippen molar-refractivity contribution in [3.8, 4) is 0 Å². The lowest BCUT2D eigenvalue weighted by Crippen LogP contribution is -2.42. The van der Waals surface area contributed by atoms with E-state index in [1.165, 1.54) is 6.20 Å². The molecule has 1 aliphatic heterocycles. The molecule has 0 amide bonds. The number of benzene rings is 1. The van der Waals surface area contributed by atoms with Crippen molar-refractivity contribution in [2.75, 3.05) is 44.7 Å². The summed E-state index contributed by atoms with van der Waals surface area (Å²) in [6.07, 6.45) is 0.801. The van der Waals surface area contributed by atoms with Crippen LogP contribution in [0.5, 0.6) is 0 Å². The standard InChI is InChI=1S/C16H19F2N3O2/c17-12-1-2-13(18)16-15(12)14(3-4-19-16)20-9-11(22)10-21-5-7-23-8-6-21/h1-4,11,22H,5-10H2,(H,19,20)/t11-/m1/s1. The zero-order chi connectivity index (χ0) is 16.2. The normalized spacial score (nSPS) is 17.3. The van der Waals surface area contributed by atoms with E-state index in [-0.39, 0.29) is 17.4 Å². The first-order valence-electron chi connectivity index (χ1n) is 7.60. The monoisotopic (exact) mass is 323 g/mol. The molecule has 7 heteroatoms. The van der Waals surface area contributed by atoms with Crippen molar-refractivity contribution in [3.63, 3.8) is 0 Å². The van der Waals surface area contributed by atoms with Crippen LogP contribution in [0.15, 0.2) is 24.4 Å². The van der Waals surface area contributed by atoms with Crippen LogP contribution in [0.1, 0.15) is 0 Å². The smallest absolute Gasteiger partial charge is 0.149 e. The van der Waals surface area contributed by atoms with Gasteiger partial charge in [-0.2, -0.15) is 0 Å². The summed E-state index contributed by atoms with van der Waals surface area (Å²) in [7, 11) is 0. The molecule has 0 bridgehead atoms. The van der Waals surface area contributed by atoms with Crippen molar-refractivity contribution in [2.24, 2.45) is 0 Å². The van der Waals surface area contributed by atoms with Crippen LogP contribution in [0, 0.1) is 11.6 Å². The Hall–Kier alpha value is -1.83. The van der Waals surface area contributed by atoms with Gasteiger partial charge in [-0.05, 0) is 18.2 Å². The Balaban J connectivity index is 1.68. The fourth-order valence-electron chi connectivity index (χ4n) is 2.71. The second-order valence-electron chi connectivity index (χ2n) is 5.56. The SMILES string of the molecule is O[C@H](CNc1ccnc2c(F)ccc(F)c12)CN1CCOCC1. The Morgan fingerprint density at radius 2 is 1.96 bits per heavy atom. The zero-order valence-electron chi connectivity index (χ0n) is 12.6. The van der Waals surface area contributed by atoms with Gasteiger partial charge in [-0.1, -0.05) is 0 Å². The van der Waals surface area contributed by atoms with Gasteiger partial charge < -0.3 is 15.2 Å². The molecule has 1 atom stereocenters. The van der Waals surface area contributed by atoms with Gasteiger partial charge in [-0.15, -0.1) is 0 Å². The van der Waals surface area contributed by atoms with E-state index in [1.807, 2.05) is 0 Å². The summed E-state index contributed by atoms with van der Waals surface area (Å²) in [5.74, 6) is -1.11. The number of rotatable bonds is 5. The van der Waals surface area contributed by atoms with Gasteiger partial charge in [0.2, 0.25) is 0 Å². The number of aromatic nitrogens is 1. The molecule has 3 rings (SSSR count). The number of pyridine rings is 1. The number of aliphatic hydroxyl groups is 1. The van der Waals surface area contributed by atoms with Gasteiger partial charge in [0.05, 0.1) is 24.7 Å². The maximum atomic E-state index is 14.0. The maximum Gasteiger partial charge on any atom is 0.149 e. The first-order valence-corrected chi connectivity index (χ1v) is 7.60. The maximum absolute atomic E-state index is 14.0. The molecule has 0 aliphatic carbocycles. The number of morpholine rings is 1. The number of ether oxygens (including phenoxy) is 1. The van der Waals surface area contributed by atoms with E-state index in [2.05, 4.69) is 15.2 Å². The number of hydrogen-bond acceptors (Lipinski definition) is 5. The minimum Gasteiger partial charge on any atom is -0.390 e. The van der Waals surface area contributed by atoms with Gasteiger partial charge in [0, 0.05) is 38.1 Å². The van der Waals surface area contributed by atoms with E-state index >= 15 is 0 Å². The number of hydrogen-bond donors (Lipinski definition) is 2. The Kier molecular flexibility index (Phi) is 5.00. The van der Waals surface area contributed by atoms with Gasteiger partial charge in [-0.25, -0.2) is 8.78 Å². The third-order valence-electron chi connectivity index (χ3n) is 3.89. The van der Waals surface area contributed by atoms with Crippen LogP contribution in [0.3, 0.4) is 0 Å². The topological polar surface area (TPSA) is 57.6 Å². The third kappa shape index (κ3) is 3.74. The van der Waals surface area contributed by atoms with E-state index in [0.29, 0.717) is 25.4 Å². The van der Waals surface area contributed by atoms with E-state index in [4.69, 9.17) is 4.74 Å². The average Bonchev–Trinajstić information content (AvgIpc) is 2.57. The van der Waals surface area contributed by atoms with Gasteiger partial charge in [0.15, 0.2) is 0 Å². The van der Waals surface area contributed by atoms with E-state index in [1.54, 1.807) is 6.07 Å². The highest BCUT2D eigenvalue weighted by atomic mass is 19.1. The lowest BCUT2D eigenvalue weighted by atomic mass is 10.1. The number of halogens is 2. The highest BCUT2D eigenvalue weighted by Crippen LogP contribution is 2.26. The van der Waals surface area contributed by atoms with Crippen LogP contribution in [0.25, 0.3) is 10.9 Å². The molecule has 1 saturated heterocycles. The molecule has 0 spiro atoms. The van der Waals surface area contributed by atoms with Crippen LogP contribution in [-0.4, -0.2) is 60.5 Å². The van der Waals surface area contributed by atoms with Crippen LogP contribution in [0.4, 0.5) is 14.5 Å². The second kappa shape index (κ2) is 7.16. The molecular weight excluding hydrogens is 304 g/mol. The highest BCUT2D eigenvalue weighted by molar-refractivity contribution is 5.91. The Labute approximate surface area is 132 Å². The zero-order valence-corrected chi connectivity index (χ0v) is 12.6. The lowest BCUT2D eigenvalue weighted by Gasteiger charge is -2.28. The van der Waals surface area contributed by atoms with Gasteiger partial charge in [0.1, 0.15) is 17.2 Å². The number of fused-ring (bicyclic) bond motifs is 1. The molecular formula is C16H19F2N3O2. The Bertz CT molecular complexity index is 678. The second-order valence-corrected chi connectivity index (χ2v) is 5.56. The number of β-amino-alcohol motifs (C(OH)–C–C–N with tert-alkyl or cyclic N) is 1. The number of nitrogens with zero attached hydrogens (tertiary/aromatic N) is 2. The van der Waals surface area contributed by atoms with E-state index < -0.39 is 17.7 Å². The van der Waals surface area contributed by atoms with Crippen molar-refractivity contribution in [1.29, 1.82) is 0 Å². The van der Waals surface area contributed by atoms with Crippen molar-refractivity contribution in [2.45, 2.75) is 6.10 Å². The summed E-state index contributed by atoms with van der Waals surface area (Å²) in [6, 6.07) is 3.71. The molecule has 0 unspecified atom stereocenters. The van der Waals surface area contributed by atoms with Gasteiger partial charge in [0.25, 0.3) is 0 Å². The minimum atomic E-state index is -0.618. The van der Waals surface area contributed by atoms with Crippen molar-refractivity contribution >= 4 is 16.6 Å². The molecule has 1 fully saturated rings. The highest BCUT2D eigenvalue weighted by Gasteiger charge is 2.16. The van der Waals surface area contributed by atoms with Crippen LogP contribution in [-0.2, 0) is 4.74 Å². The summed E-state index contributed by atoms with van der Waals surface area (Å²) in [6.45, 7) is 3.66. The lowest BCUT2D eigenvalue weighted by molar-refractivity contribution is 0.0171. The quantitative estimate of drug-likeness (QED) is 0.876. The summed E-state index contributed by atoms with van der Waals surface area (Å²) in [5, 5.41) is 13.2. The first-order chi connectivity index (χ1) is 11.1. The molecule has 0 radical (unpaired) electrons. The number of nitrogens with one attached hydrogen (secondary N) is 1. The van der Waals surface area contributed by atoms with Gasteiger partial charge in [-0.3, -0.25) is 9.88 Å². The third-order valence-corrected chi connectivity index (χ3v) is 3.89. The molecule has 0 saturated carbocycles. The van der Waals surface area contributed by atoms with E-state index in [0.717, 1.165) is 25.2 Å². The fraction of sp³-hybridized carbons (Fsp3) is 0.438. The first kappa shape index (κ1) is 16.0. The molecule has 1 aliphatic rings. The minimum absolute atomic E-state index is 0.0160. The molecule has 2 N–H and O–H groups in total. The Morgan fingerprint density at radius 1 is 1.22 bits per heavy atom. The summed E-state index contributed by atoms with van der Waals surface area (Å²) in [4.78, 5) is 6.00. The molecule has 23 heavy (non-hydrogen) atoms. The molecule has 5 nitrogen and oxygen atoms in total. The van der Waals surface area contributed by atoms with Gasteiger partial charge >= 0.3 is 0 Å². The molecule has 124 valence electrons. The van der Waals surface area contributed by atoms with Crippen molar-refractivity contribution in [3.05, 3.63) is 36.0 Å². The van der Waals surface area contributed by atoms with Crippen LogP contribution < -0.4 is 5.32 Å². The Morgan fingerprint density at radius 3 is 2.74 bits per heavy atom. The average molecular weight is 323 g/mol. The molecule has 1 aromatic heterocycles. The largest absolute Gasteiger partial charge is 0.390 e. The predicted molar refractivity (Wildman–Crippen MR) is 83.4 cm³/mol. The predicted octanol–water partition coefficient (Wildman–Crippen LogP) is 1.62. The van der Waals surface area contributed by atoms with Crippen molar-refractivity contribution in [1.82, 2.24) is 9.88 Å². The van der Waals surface area contributed by atoms with Crippen LogP contribution in [0.2, 0.25) is 0 Å². The number of anilines is 1. The van der Waals surface area contributed by atoms with Crippen molar-refractivity contribution < 1.29 is 18.6 Å². The summed E-state index contributed by atoms with van der Waals surface area (Å²) >= 11 is 0. The van der Waals surface area contributed by atoms with E-state index in [9.17, 15) is 13.9 Å². The molecule has 2 heterocycles.